The van der Waals surface area contributed by atoms with E-state index in [0.717, 1.165) is 48.9 Å². The third-order valence-corrected chi connectivity index (χ3v) is 5.31. The van der Waals surface area contributed by atoms with Gasteiger partial charge in [-0.25, -0.2) is 4.98 Å². The van der Waals surface area contributed by atoms with Crippen molar-refractivity contribution in [3.8, 4) is 0 Å². The second kappa shape index (κ2) is 6.47. The van der Waals surface area contributed by atoms with Crippen molar-refractivity contribution in [1.82, 2.24) is 24.4 Å². The fourth-order valence-corrected chi connectivity index (χ4v) is 4.07. The summed E-state index contributed by atoms with van der Waals surface area (Å²) >= 11 is 1.43. The van der Waals surface area contributed by atoms with Crippen LogP contribution in [0.5, 0.6) is 0 Å². The van der Waals surface area contributed by atoms with Gasteiger partial charge in [0, 0.05) is 44.1 Å². The minimum atomic E-state index is -0.119. The average molecular weight is 359 g/mol. The molecule has 0 aliphatic carbocycles. The van der Waals surface area contributed by atoms with Crippen molar-refractivity contribution in [3.63, 3.8) is 0 Å². The Hall–Kier alpha value is -2.42. The molecule has 4 heterocycles. The van der Waals surface area contributed by atoms with Crippen molar-refractivity contribution >= 4 is 27.1 Å². The van der Waals surface area contributed by atoms with E-state index < -0.39 is 0 Å². The van der Waals surface area contributed by atoms with Crippen molar-refractivity contribution in [1.29, 1.82) is 0 Å². The Morgan fingerprint density at radius 2 is 2.32 bits per heavy atom. The van der Waals surface area contributed by atoms with Crippen LogP contribution in [-0.4, -0.2) is 43.5 Å². The summed E-state index contributed by atoms with van der Waals surface area (Å²) in [7, 11) is 1.93. The highest BCUT2D eigenvalue weighted by atomic mass is 32.1. The van der Waals surface area contributed by atoms with Crippen LogP contribution in [0, 0.1) is 0 Å². The summed E-state index contributed by atoms with van der Waals surface area (Å²) in [5, 5.41) is 12.9. The van der Waals surface area contributed by atoms with Crippen LogP contribution in [0.2, 0.25) is 0 Å². The van der Waals surface area contributed by atoms with Gasteiger partial charge >= 0.3 is 0 Å². The number of aromatic nitrogens is 5. The molecule has 0 bridgehead atoms. The molecule has 0 amide bonds. The predicted octanol–water partition coefficient (Wildman–Crippen LogP) is 1.53. The van der Waals surface area contributed by atoms with E-state index in [1.807, 2.05) is 31.0 Å². The van der Waals surface area contributed by atoms with Gasteiger partial charge in [0.15, 0.2) is 0 Å². The van der Waals surface area contributed by atoms with Gasteiger partial charge in [-0.2, -0.15) is 9.61 Å². The zero-order valence-electron chi connectivity index (χ0n) is 14.3. The first-order valence-electron chi connectivity index (χ1n) is 8.52. The Labute approximate surface area is 149 Å². The lowest BCUT2D eigenvalue weighted by Gasteiger charge is -2.33. The van der Waals surface area contributed by atoms with Gasteiger partial charge in [0.2, 0.25) is 10.1 Å². The zero-order valence-corrected chi connectivity index (χ0v) is 15.2. The van der Waals surface area contributed by atoms with E-state index in [1.54, 1.807) is 6.07 Å². The molecule has 1 N–H and O–H groups in total. The minimum absolute atomic E-state index is 0.119. The van der Waals surface area contributed by atoms with Gasteiger partial charge in [0.25, 0.3) is 5.56 Å². The highest BCUT2D eigenvalue weighted by Gasteiger charge is 2.22. The standard InChI is InChI=1S/C16H21N7OS/c1-3-11-7-14(24)23-16(19-11)25-15(20-23)18-12-5-4-6-22(9-12)13-8-17-21(2)10-13/h7-8,10,12H,3-6,9H2,1-2H3,(H,18,20). The maximum absolute atomic E-state index is 12.1. The Balaban J connectivity index is 1.52. The lowest BCUT2D eigenvalue weighted by Crippen LogP contribution is -2.42. The lowest BCUT2D eigenvalue weighted by molar-refractivity contribution is 0.529. The van der Waals surface area contributed by atoms with E-state index >= 15 is 0 Å². The molecule has 0 saturated carbocycles. The van der Waals surface area contributed by atoms with Gasteiger partial charge in [-0.1, -0.05) is 18.3 Å². The van der Waals surface area contributed by atoms with E-state index in [2.05, 4.69) is 25.4 Å². The molecular weight excluding hydrogens is 338 g/mol. The fourth-order valence-electron chi connectivity index (χ4n) is 3.17. The van der Waals surface area contributed by atoms with Crippen molar-refractivity contribution in [2.45, 2.75) is 32.2 Å². The maximum atomic E-state index is 12.1. The first-order valence-corrected chi connectivity index (χ1v) is 9.34. The number of nitrogens with zero attached hydrogens (tertiary/aromatic N) is 6. The zero-order chi connectivity index (χ0) is 17.4. The molecule has 3 aromatic rings. The third kappa shape index (κ3) is 3.23. The van der Waals surface area contributed by atoms with Crippen LogP contribution in [0.1, 0.15) is 25.5 Å². The van der Waals surface area contributed by atoms with Gasteiger partial charge in [-0.15, -0.1) is 5.10 Å². The topological polar surface area (TPSA) is 80.4 Å². The first kappa shape index (κ1) is 16.1. The van der Waals surface area contributed by atoms with E-state index in [1.165, 1.54) is 15.9 Å². The van der Waals surface area contributed by atoms with E-state index in [9.17, 15) is 4.79 Å². The lowest BCUT2D eigenvalue weighted by atomic mass is 10.1. The number of nitrogens with one attached hydrogen (secondary N) is 1. The first-order chi connectivity index (χ1) is 12.1. The molecule has 1 aliphatic heterocycles. The summed E-state index contributed by atoms with van der Waals surface area (Å²) in [6, 6.07) is 1.84. The Kier molecular flexibility index (Phi) is 4.16. The monoisotopic (exact) mass is 359 g/mol. The van der Waals surface area contributed by atoms with E-state index in [4.69, 9.17) is 0 Å². The number of anilines is 2. The van der Waals surface area contributed by atoms with E-state index in [-0.39, 0.29) is 11.6 Å². The van der Waals surface area contributed by atoms with Crippen LogP contribution in [-0.2, 0) is 13.5 Å². The quantitative estimate of drug-likeness (QED) is 0.761. The van der Waals surface area contributed by atoms with Crippen molar-refractivity contribution in [2.24, 2.45) is 7.05 Å². The number of piperidine rings is 1. The van der Waals surface area contributed by atoms with Crippen molar-refractivity contribution in [2.75, 3.05) is 23.3 Å². The van der Waals surface area contributed by atoms with Gasteiger partial charge in [-0.3, -0.25) is 9.48 Å². The predicted molar refractivity (Wildman–Crippen MR) is 98.6 cm³/mol. The Morgan fingerprint density at radius 3 is 3.08 bits per heavy atom. The molecule has 1 fully saturated rings. The summed E-state index contributed by atoms with van der Waals surface area (Å²) in [4.78, 5) is 19.6. The van der Waals surface area contributed by atoms with Crippen LogP contribution >= 0.6 is 11.3 Å². The van der Waals surface area contributed by atoms with Crippen molar-refractivity contribution < 1.29 is 0 Å². The summed E-state index contributed by atoms with van der Waals surface area (Å²) in [6.45, 7) is 3.92. The number of rotatable bonds is 4. The Morgan fingerprint density at radius 1 is 1.44 bits per heavy atom. The molecule has 0 radical (unpaired) electrons. The van der Waals surface area contributed by atoms with E-state index in [0.29, 0.717) is 4.96 Å². The fraction of sp³-hybridized carbons (Fsp3) is 0.500. The molecule has 1 saturated heterocycles. The smallest absolute Gasteiger partial charge is 0.275 e. The molecular formula is C16H21N7OS. The number of hydrogen-bond acceptors (Lipinski definition) is 7. The number of fused-ring (bicyclic) bond motifs is 1. The normalized spacial score (nSPS) is 18.0. The Bertz CT molecular complexity index is 944. The van der Waals surface area contributed by atoms with Crippen molar-refractivity contribution in [3.05, 3.63) is 34.5 Å². The molecule has 8 nitrogen and oxygen atoms in total. The molecule has 1 unspecified atom stereocenters. The van der Waals surface area contributed by atoms with Gasteiger partial charge < -0.3 is 10.2 Å². The highest BCUT2D eigenvalue weighted by molar-refractivity contribution is 7.20. The minimum Gasteiger partial charge on any atom is -0.367 e. The molecule has 9 heteroatoms. The molecule has 25 heavy (non-hydrogen) atoms. The summed E-state index contributed by atoms with van der Waals surface area (Å²) < 4.78 is 3.21. The van der Waals surface area contributed by atoms with Gasteiger partial charge in [0.05, 0.1) is 11.9 Å². The van der Waals surface area contributed by atoms with Crippen LogP contribution in [0.4, 0.5) is 10.8 Å². The molecule has 3 aromatic heterocycles. The second-order valence-electron chi connectivity index (χ2n) is 6.34. The largest absolute Gasteiger partial charge is 0.367 e. The molecule has 0 spiro atoms. The molecule has 1 aliphatic rings. The van der Waals surface area contributed by atoms with Crippen LogP contribution < -0.4 is 15.8 Å². The second-order valence-corrected chi connectivity index (χ2v) is 7.30. The summed E-state index contributed by atoms with van der Waals surface area (Å²) in [6.07, 6.45) is 6.87. The maximum Gasteiger partial charge on any atom is 0.275 e. The number of hydrogen-bond donors (Lipinski definition) is 1. The summed E-state index contributed by atoms with van der Waals surface area (Å²) in [5.41, 5.74) is 1.83. The van der Waals surface area contributed by atoms with Crippen LogP contribution in [0.15, 0.2) is 23.3 Å². The van der Waals surface area contributed by atoms with Gasteiger partial charge in [-0.05, 0) is 19.3 Å². The molecule has 4 rings (SSSR count). The highest BCUT2D eigenvalue weighted by Crippen LogP contribution is 2.23. The molecule has 132 valence electrons. The average Bonchev–Trinajstić information content (AvgIpc) is 3.21. The van der Waals surface area contributed by atoms with Gasteiger partial charge in [0.1, 0.15) is 0 Å². The van der Waals surface area contributed by atoms with Crippen LogP contribution in [0.3, 0.4) is 0 Å². The number of aryl methyl sites for hydroxylation is 2. The molecule has 1 atom stereocenters. The summed E-state index contributed by atoms with van der Waals surface area (Å²) in [5.74, 6) is 0. The third-order valence-electron chi connectivity index (χ3n) is 4.47. The SMILES string of the molecule is CCc1cc(=O)n2nc(NC3CCCN(c4cnn(C)c4)C3)sc2n1. The van der Waals surface area contributed by atoms with Crippen LogP contribution in [0.25, 0.3) is 4.96 Å². The molecule has 0 aromatic carbocycles.